The minimum Gasteiger partial charge on any atom is -0.480 e. The minimum absolute atomic E-state index is 0.216. The van der Waals surface area contributed by atoms with Gasteiger partial charge in [0, 0.05) is 5.69 Å². The number of carboxylic acid groups (broad SMARTS) is 1. The molecule has 0 fully saturated rings. The largest absolute Gasteiger partial charge is 0.480 e. The van der Waals surface area contributed by atoms with Crippen molar-refractivity contribution in [3.8, 4) is 0 Å². The molecule has 22 heavy (non-hydrogen) atoms. The van der Waals surface area contributed by atoms with E-state index in [4.69, 9.17) is 4.52 Å². The monoisotopic (exact) mass is 303 g/mol. The number of allylic oxidation sites excluding steroid dienone is 1. The first kappa shape index (κ1) is 15.7. The van der Waals surface area contributed by atoms with Crippen LogP contribution in [-0.2, 0) is 4.79 Å². The number of pyridine rings is 1. The molecule has 116 valence electrons. The molecule has 2 heterocycles. The molecule has 0 aliphatic rings. The molecule has 0 saturated carbocycles. The Morgan fingerprint density at radius 2 is 2.18 bits per heavy atom. The summed E-state index contributed by atoms with van der Waals surface area (Å²) in [6.07, 6.45) is 3.64. The Balaban J connectivity index is 2.36. The van der Waals surface area contributed by atoms with Crippen molar-refractivity contribution in [2.24, 2.45) is 0 Å². The van der Waals surface area contributed by atoms with Crippen LogP contribution in [0.25, 0.3) is 11.1 Å². The molecule has 0 aliphatic heterocycles. The second-order valence-corrected chi connectivity index (χ2v) is 4.93. The number of carboxylic acids is 1. The summed E-state index contributed by atoms with van der Waals surface area (Å²) in [5.41, 5.74) is 1.71. The lowest BCUT2D eigenvalue weighted by Crippen LogP contribution is -2.40. The molecule has 7 nitrogen and oxygen atoms in total. The number of hydrogen-bond acceptors (Lipinski definition) is 5. The number of rotatable bonds is 5. The summed E-state index contributed by atoms with van der Waals surface area (Å²) in [5, 5.41) is 16.0. The van der Waals surface area contributed by atoms with Gasteiger partial charge in [0.2, 0.25) is 0 Å². The lowest BCUT2D eigenvalue weighted by atomic mass is 10.1. The Kier molecular flexibility index (Phi) is 4.55. The van der Waals surface area contributed by atoms with Crippen molar-refractivity contribution in [3.05, 3.63) is 35.2 Å². The van der Waals surface area contributed by atoms with E-state index in [-0.39, 0.29) is 12.1 Å². The number of aliphatic carboxylic acids is 1. The van der Waals surface area contributed by atoms with Gasteiger partial charge in [-0.3, -0.25) is 4.79 Å². The van der Waals surface area contributed by atoms with Crippen molar-refractivity contribution in [1.82, 2.24) is 15.5 Å². The summed E-state index contributed by atoms with van der Waals surface area (Å²) < 4.78 is 5.07. The molecule has 1 atom stereocenters. The van der Waals surface area contributed by atoms with E-state index in [1.54, 1.807) is 39.0 Å². The zero-order chi connectivity index (χ0) is 16.3. The molecule has 1 amide bonds. The second kappa shape index (κ2) is 6.38. The first-order chi connectivity index (χ1) is 10.4. The standard InChI is InChI=1S/C15H17N3O4/c1-4-5-6-11(15(20)21)17-13(19)10-7-8(2)16-14-12(10)9(3)18-22-14/h4-5,7,11H,6H2,1-3H3,(H,17,19)(H,20,21)/b5-4+. The fraction of sp³-hybridized carbons (Fsp3) is 0.333. The zero-order valence-electron chi connectivity index (χ0n) is 12.6. The summed E-state index contributed by atoms with van der Waals surface area (Å²) in [6, 6.07) is 0.601. The summed E-state index contributed by atoms with van der Waals surface area (Å²) in [4.78, 5) is 27.8. The lowest BCUT2D eigenvalue weighted by molar-refractivity contribution is -0.139. The summed E-state index contributed by atoms with van der Waals surface area (Å²) >= 11 is 0. The van der Waals surface area contributed by atoms with Crippen LogP contribution in [-0.4, -0.2) is 33.2 Å². The predicted octanol–water partition coefficient (Wildman–Crippen LogP) is 1.99. The van der Waals surface area contributed by atoms with E-state index in [9.17, 15) is 14.7 Å². The molecule has 0 spiro atoms. The van der Waals surface area contributed by atoms with Crippen molar-refractivity contribution in [1.29, 1.82) is 0 Å². The van der Waals surface area contributed by atoms with E-state index in [1.807, 2.05) is 0 Å². The Labute approximate surface area is 127 Å². The van der Waals surface area contributed by atoms with E-state index >= 15 is 0 Å². The molecule has 0 radical (unpaired) electrons. The number of aromatic nitrogens is 2. The number of aryl methyl sites for hydroxylation is 2. The third kappa shape index (κ3) is 3.13. The number of nitrogens with one attached hydrogen (secondary N) is 1. The fourth-order valence-electron chi connectivity index (χ4n) is 2.13. The fourth-order valence-corrected chi connectivity index (χ4v) is 2.13. The maximum absolute atomic E-state index is 12.4. The Bertz CT molecular complexity index is 749. The normalized spacial score (nSPS) is 12.7. The molecular formula is C15H17N3O4. The second-order valence-electron chi connectivity index (χ2n) is 4.93. The van der Waals surface area contributed by atoms with Crippen LogP contribution in [0.3, 0.4) is 0 Å². The van der Waals surface area contributed by atoms with Gasteiger partial charge in [-0.1, -0.05) is 17.3 Å². The number of fused-ring (bicyclic) bond motifs is 1. The average molecular weight is 303 g/mol. The van der Waals surface area contributed by atoms with Gasteiger partial charge in [0.1, 0.15) is 6.04 Å². The van der Waals surface area contributed by atoms with Crippen molar-refractivity contribution >= 4 is 23.0 Å². The van der Waals surface area contributed by atoms with Gasteiger partial charge in [0.25, 0.3) is 11.6 Å². The van der Waals surface area contributed by atoms with Gasteiger partial charge in [-0.15, -0.1) is 0 Å². The third-order valence-electron chi connectivity index (χ3n) is 3.20. The topological polar surface area (TPSA) is 105 Å². The quantitative estimate of drug-likeness (QED) is 0.818. The molecule has 2 N–H and O–H groups in total. The third-order valence-corrected chi connectivity index (χ3v) is 3.20. The van der Waals surface area contributed by atoms with E-state index < -0.39 is 17.9 Å². The number of hydrogen-bond donors (Lipinski definition) is 2. The Morgan fingerprint density at radius 3 is 2.82 bits per heavy atom. The van der Waals surface area contributed by atoms with Gasteiger partial charge in [-0.2, -0.15) is 0 Å². The zero-order valence-corrected chi connectivity index (χ0v) is 12.6. The molecular weight excluding hydrogens is 286 g/mol. The van der Waals surface area contributed by atoms with Gasteiger partial charge in [-0.05, 0) is 33.3 Å². The first-order valence-electron chi connectivity index (χ1n) is 6.82. The van der Waals surface area contributed by atoms with Gasteiger partial charge in [0.05, 0.1) is 16.6 Å². The highest BCUT2D eigenvalue weighted by molar-refractivity contribution is 6.07. The summed E-state index contributed by atoms with van der Waals surface area (Å²) in [7, 11) is 0. The van der Waals surface area contributed by atoms with Crippen LogP contribution in [0.15, 0.2) is 22.7 Å². The maximum atomic E-state index is 12.4. The smallest absolute Gasteiger partial charge is 0.326 e. The number of carbonyl (C=O) groups is 2. The molecule has 2 rings (SSSR count). The first-order valence-corrected chi connectivity index (χ1v) is 6.82. The number of carbonyl (C=O) groups excluding carboxylic acids is 1. The highest BCUT2D eigenvalue weighted by Gasteiger charge is 2.23. The summed E-state index contributed by atoms with van der Waals surface area (Å²) in [5.74, 6) is -1.57. The predicted molar refractivity (Wildman–Crippen MR) is 79.6 cm³/mol. The van der Waals surface area contributed by atoms with Crippen molar-refractivity contribution in [2.45, 2.75) is 33.2 Å². The van der Waals surface area contributed by atoms with Crippen LogP contribution in [0.1, 0.15) is 35.1 Å². The number of nitrogens with zero attached hydrogens (tertiary/aromatic N) is 2. The van der Waals surface area contributed by atoms with Crippen molar-refractivity contribution < 1.29 is 19.2 Å². The minimum atomic E-state index is -1.09. The van der Waals surface area contributed by atoms with Crippen LogP contribution in [0, 0.1) is 13.8 Å². The molecule has 0 aliphatic carbocycles. The van der Waals surface area contributed by atoms with Crippen LogP contribution < -0.4 is 5.32 Å². The number of amides is 1. The van der Waals surface area contributed by atoms with E-state index in [1.165, 1.54) is 0 Å². The maximum Gasteiger partial charge on any atom is 0.326 e. The van der Waals surface area contributed by atoms with Crippen LogP contribution in [0.4, 0.5) is 0 Å². The van der Waals surface area contributed by atoms with Crippen LogP contribution >= 0.6 is 0 Å². The highest BCUT2D eigenvalue weighted by atomic mass is 16.5. The molecule has 0 saturated heterocycles. The van der Waals surface area contributed by atoms with E-state index in [2.05, 4.69) is 15.5 Å². The molecule has 7 heteroatoms. The van der Waals surface area contributed by atoms with Crippen LogP contribution in [0.2, 0.25) is 0 Å². The molecule has 0 bridgehead atoms. The van der Waals surface area contributed by atoms with Crippen molar-refractivity contribution in [3.63, 3.8) is 0 Å². The Morgan fingerprint density at radius 1 is 1.45 bits per heavy atom. The van der Waals surface area contributed by atoms with Crippen molar-refractivity contribution in [2.75, 3.05) is 0 Å². The Hall–Kier alpha value is -2.70. The summed E-state index contributed by atoms with van der Waals surface area (Å²) in [6.45, 7) is 5.22. The van der Waals surface area contributed by atoms with Gasteiger partial charge in [0.15, 0.2) is 0 Å². The van der Waals surface area contributed by atoms with E-state index in [0.717, 1.165) is 0 Å². The lowest BCUT2D eigenvalue weighted by Gasteiger charge is -2.13. The van der Waals surface area contributed by atoms with Gasteiger partial charge < -0.3 is 14.9 Å². The van der Waals surface area contributed by atoms with Gasteiger partial charge >= 0.3 is 5.97 Å². The molecule has 2 aromatic rings. The molecule has 1 unspecified atom stereocenters. The molecule has 0 aromatic carbocycles. The van der Waals surface area contributed by atoms with Gasteiger partial charge in [-0.25, -0.2) is 9.78 Å². The highest BCUT2D eigenvalue weighted by Crippen LogP contribution is 2.22. The average Bonchev–Trinajstić information content (AvgIpc) is 2.83. The van der Waals surface area contributed by atoms with E-state index in [0.29, 0.717) is 22.3 Å². The van der Waals surface area contributed by atoms with Crippen LogP contribution in [0.5, 0.6) is 0 Å². The SMILES string of the molecule is C/C=C/CC(NC(=O)c1cc(C)nc2onc(C)c12)C(=O)O. The molecule has 2 aromatic heterocycles.